The summed E-state index contributed by atoms with van der Waals surface area (Å²) in [6, 6.07) is 26.3. The predicted molar refractivity (Wildman–Crippen MR) is 109 cm³/mol. The zero-order chi connectivity index (χ0) is 19.2. The van der Waals surface area contributed by atoms with Gasteiger partial charge in [0.15, 0.2) is 0 Å². The fourth-order valence-corrected chi connectivity index (χ4v) is 3.17. The van der Waals surface area contributed by atoms with Gasteiger partial charge in [-0.15, -0.1) is 0 Å². The first-order valence-corrected chi connectivity index (χ1v) is 9.08. The molecule has 4 nitrogen and oxygen atoms in total. The molecule has 4 aromatic rings. The number of nitrogens with zero attached hydrogens (tertiary/aromatic N) is 3. The summed E-state index contributed by atoms with van der Waals surface area (Å²) >= 11 is 0. The van der Waals surface area contributed by atoms with Gasteiger partial charge in [-0.05, 0) is 34.4 Å². The SMILES string of the molecule is N#Cc1ccc(Cn2ccnc2)cc1OCc1ccccc1-c1ccccc1. The highest BCUT2D eigenvalue weighted by molar-refractivity contribution is 5.67. The van der Waals surface area contributed by atoms with E-state index in [1.54, 1.807) is 12.5 Å². The number of rotatable bonds is 6. The van der Waals surface area contributed by atoms with Gasteiger partial charge in [-0.25, -0.2) is 4.98 Å². The minimum atomic E-state index is 0.397. The van der Waals surface area contributed by atoms with Crippen molar-refractivity contribution in [2.45, 2.75) is 13.2 Å². The Hall–Kier alpha value is -3.84. The van der Waals surface area contributed by atoms with Crippen LogP contribution in [0, 0.1) is 11.3 Å². The maximum atomic E-state index is 9.45. The second kappa shape index (κ2) is 8.24. The number of ether oxygens (including phenoxy) is 1. The minimum absolute atomic E-state index is 0.397. The van der Waals surface area contributed by atoms with E-state index in [-0.39, 0.29) is 0 Å². The second-order valence-corrected chi connectivity index (χ2v) is 6.49. The Balaban J connectivity index is 1.58. The van der Waals surface area contributed by atoms with Gasteiger partial charge in [0.1, 0.15) is 18.4 Å². The molecule has 0 aliphatic carbocycles. The molecule has 136 valence electrons. The highest BCUT2D eigenvalue weighted by Gasteiger charge is 2.09. The molecule has 0 fully saturated rings. The molecule has 0 N–H and O–H groups in total. The van der Waals surface area contributed by atoms with Crippen molar-refractivity contribution < 1.29 is 4.74 Å². The maximum Gasteiger partial charge on any atom is 0.137 e. The average molecular weight is 365 g/mol. The van der Waals surface area contributed by atoms with Gasteiger partial charge in [-0.2, -0.15) is 5.26 Å². The fraction of sp³-hybridized carbons (Fsp3) is 0.0833. The molecule has 0 spiro atoms. The summed E-state index contributed by atoms with van der Waals surface area (Å²) in [6.45, 7) is 1.08. The van der Waals surface area contributed by atoms with Crippen LogP contribution in [0.1, 0.15) is 16.7 Å². The third-order valence-electron chi connectivity index (χ3n) is 4.58. The molecule has 0 aliphatic heterocycles. The van der Waals surface area contributed by atoms with Crippen LogP contribution in [0.4, 0.5) is 0 Å². The van der Waals surface area contributed by atoms with Crippen molar-refractivity contribution in [2.75, 3.05) is 0 Å². The number of hydrogen-bond donors (Lipinski definition) is 0. The Kier molecular flexibility index (Phi) is 5.17. The summed E-state index contributed by atoms with van der Waals surface area (Å²) in [5.41, 5.74) is 4.96. The molecule has 0 aliphatic rings. The lowest BCUT2D eigenvalue weighted by Gasteiger charge is -2.13. The lowest BCUT2D eigenvalue weighted by atomic mass is 10.0. The molecular weight excluding hydrogens is 346 g/mol. The van der Waals surface area contributed by atoms with Crippen molar-refractivity contribution in [3.8, 4) is 22.9 Å². The molecule has 28 heavy (non-hydrogen) atoms. The summed E-state index contributed by atoms with van der Waals surface area (Å²) in [5.74, 6) is 0.600. The summed E-state index contributed by atoms with van der Waals surface area (Å²) in [5, 5.41) is 9.45. The first-order valence-electron chi connectivity index (χ1n) is 9.08. The van der Waals surface area contributed by atoms with Gasteiger partial charge in [0.05, 0.1) is 11.9 Å². The van der Waals surface area contributed by atoms with Gasteiger partial charge in [0.2, 0.25) is 0 Å². The van der Waals surface area contributed by atoms with E-state index in [1.165, 1.54) is 0 Å². The predicted octanol–water partition coefficient (Wildman–Crippen LogP) is 5.05. The number of imidazole rings is 1. The van der Waals surface area contributed by atoms with E-state index in [9.17, 15) is 5.26 Å². The molecule has 0 saturated carbocycles. The van der Waals surface area contributed by atoms with Crippen LogP contribution in [-0.2, 0) is 13.2 Å². The van der Waals surface area contributed by atoms with Gasteiger partial charge in [-0.1, -0.05) is 60.7 Å². The van der Waals surface area contributed by atoms with Crippen LogP contribution >= 0.6 is 0 Å². The van der Waals surface area contributed by atoms with E-state index >= 15 is 0 Å². The van der Waals surface area contributed by atoms with E-state index in [2.05, 4.69) is 35.3 Å². The highest BCUT2D eigenvalue weighted by atomic mass is 16.5. The summed E-state index contributed by atoms with van der Waals surface area (Å²) < 4.78 is 8.07. The zero-order valence-electron chi connectivity index (χ0n) is 15.3. The first kappa shape index (κ1) is 17.6. The normalized spacial score (nSPS) is 10.4. The smallest absolute Gasteiger partial charge is 0.137 e. The van der Waals surface area contributed by atoms with Crippen molar-refractivity contribution in [2.24, 2.45) is 0 Å². The molecule has 0 amide bonds. The third kappa shape index (κ3) is 3.94. The van der Waals surface area contributed by atoms with E-state index in [4.69, 9.17) is 4.74 Å². The fourth-order valence-electron chi connectivity index (χ4n) is 3.17. The Labute approximate surface area is 164 Å². The van der Waals surface area contributed by atoms with Crippen molar-refractivity contribution in [3.05, 3.63) is 108 Å². The van der Waals surface area contributed by atoms with Crippen LogP contribution in [0.5, 0.6) is 5.75 Å². The molecule has 1 aromatic heterocycles. The Morgan fingerprint density at radius 1 is 0.964 bits per heavy atom. The summed E-state index contributed by atoms with van der Waals surface area (Å²) in [6.07, 6.45) is 5.44. The molecule has 1 heterocycles. The number of aromatic nitrogens is 2. The Bertz CT molecular complexity index is 1100. The molecule has 4 heteroatoms. The topological polar surface area (TPSA) is 50.8 Å². The van der Waals surface area contributed by atoms with Crippen molar-refractivity contribution in [3.63, 3.8) is 0 Å². The van der Waals surface area contributed by atoms with E-state index in [0.29, 0.717) is 24.5 Å². The van der Waals surface area contributed by atoms with Crippen LogP contribution < -0.4 is 4.74 Å². The largest absolute Gasteiger partial charge is 0.487 e. The van der Waals surface area contributed by atoms with Crippen LogP contribution in [-0.4, -0.2) is 9.55 Å². The zero-order valence-corrected chi connectivity index (χ0v) is 15.3. The lowest BCUT2D eigenvalue weighted by Crippen LogP contribution is -2.02. The quantitative estimate of drug-likeness (QED) is 0.480. The molecule has 0 atom stereocenters. The minimum Gasteiger partial charge on any atom is -0.487 e. The van der Waals surface area contributed by atoms with Gasteiger partial charge >= 0.3 is 0 Å². The van der Waals surface area contributed by atoms with Crippen molar-refractivity contribution in [1.29, 1.82) is 5.26 Å². The number of benzene rings is 3. The summed E-state index contributed by atoms with van der Waals surface area (Å²) in [7, 11) is 0. The average Bonchev–Trinajstić information content (AvgIpc) is 3.26. The molecule has 0 saturated heterocycles. The molecule has 3 aromatic carbocycles. The number of nitriles is 1. The second-order valence-electron chi connectivity index (χ2n) is 6.49. The first-order chi connectivity index (χ1) is 13.8. The van der Waals surface area contributed by atoms with Crippen LogP contribution in [0.25, 0.3) is 11.1 Å². The summed E-state index contributed by atoms with van der Waals surface area (Å²) in [4.78, 5) is 4.07. The number of hydrogen-bond acceptors (Lipinski definition) is 3. The molecule has 4 rings (SSSR count). The van der Waals surface area contributed by atoms with Gasteiger partial charge < -0.3 is 9.30 Å². The Morgan fingerprint density at radius 3 is 2.57 bits per heavy atom. The van der Waals surface area contributed by atoms with E-state index in [1.807, 2.05) is 59.3 Å². The molecular formula is C24H19N3O. The molecule has 0 unspecified atom stereocenters. The maximum absolute atomic E-state index is 9.45. The standard InChI is InChI=1S/C24H19N3O/c25-15-21-11-10-19(16-27-13-12-26-18-27)14-24(21)28-17-22-8-4-5-9-23(22)20-6-2-1-3-7-20/h1-14,18H,16-17H2. The lowest BCUT2D eigenvalue weighted by molar-refractivity contribution is 0.305. The van der Waals surface area contributed by atoms with Crippen LogP contribution in [0.15, 0.2) is 91.5 Å². The van der Waals surface area contributed by atoms with E-state index in [0.717, 1.165) is 22.3 Å². The molecule has 0 radical (unpaired) electrons. The van der Waals surface area contributed by atoms with Crippen molar-refractivity contribution in [1.82, 2.24) is 9.55 Å². The third-order valence-corrected chi connectivity index (χ3v) is 4.58. The van der Waals surface area contributed by atoms with Crippen molar-refractivity contribution >= 4 is 0 Å². The Morgan fingerprint density at radius 2 is 1.79 bits per heavy atom. The van der Waals surface area contributed by atoms with E-state index < -0.39 is 0 Å². The van der Waals surface area contributed by atoms with Crippen LogP contribution in [0.2, 0.25) is 0 Å². The highest BCUT2D eigenvalue weighted by Crippen LogP contribution is 2.26. The van der Waals surface area contributed by atoms with Gasteiger partial charge in [-0.3, -0.25) is 0 Å². The van der Waals surface area contributed by atoms with Crippen LogP contribution in [0.3, 0.4) is 0 Å². The molecule has 0 bridgehead atoms. The van der Waals surface area contributed by atoms with Gasteiger partial charge in [0.25, 0.3) is 0 Å². The van der Waals surface area contributed by atoms with Gasteiger partial charge in [0, 0.05) is 18.9 Å². The monoisotopic (exact) mass is 365 g/mol.